The number of carbonyl (C=O) groups is 2. The molecule has 0 spiro atoms. The van der Waals surface area contributed by atoms with Crippen molar-refractivity contribution in [3.05, 3.63) is 18.7 Å². The molecule has 0 aromatic carbocycles. The Morgan fingerprint density at radius 3 is 2.67 bits per heavy atom. The molecule has 7 nitrogen and oxygen atoms in total. The largest absolute Gasteiger partial charge is 0.444 e. The highest BCUT2D eigenvalue weighted by molar-refractivity contribution is 5.77. The number of nitrogens with zero attached hydrogens (tertiary/aromatic N) is 2. The lowest BCUT2D eigenvalue weighted by molar-refractivity contribution is -0.121. The fraction of sp³-hybridized carbons (Fsp3) is 0.643. The molecular weight excluding hydrogens is 272 g/mol. The SMILES string of the molecule is C[C@@H](Cn1ccnc1)NC(=O)CCNC(=O)OC(C)(C)C. The number of ether oxygens (including phenoxy) is 1. The number of alkyl carbamates (subject to hydrolysis) is 1. The molecule has 118 valence electrons. The molecule has 7 heteroatoms. The molecule has 0 aliphatic carbocycles. The fourth-order valence-corrected chi connectivity index (χ4v) is 1.70. The third kappa shape index (κ3) is 7.96. The van der Waals surface area contributed by atoms with Crippen molar-refractivity contribution in [2.45, 2.75) is 52.3 Å². The number of hydrogen-bond donors (Lipinski definition) is 2. The van der Waals surface area contributed by atoms with Gasteiger partial charge in [0.15, 0.2) is 0 Å². The highest BCUT2D eigenvalue weighted by Gasteiger charge is 2.16. The summed E-state index contributed by atoms with van der Waals surface area (Å²) in [6, 6.07) is -0.00627. The number of aromatic nitrogens is 2. The number of rotatable bonds is 6. The van der Waals surface area contributed by atoms with Crippen LogP contribution in [0.25, 0.3) is 0 Å². The fourth-order valence-electron chi connectivity index (χ4n) is 1.70. The average Bonchev–Trinajstić information content (AvgIpc) is 2.78. The summed E-state index contributed by atoms with van der Waals surface area (Å²) in [5, 5.41) is 5.41. The molecule has 0 radical (unpaired) electrons. The zero-order valence-electron chi connectivity index (χ0n) is 13.0. The van der Waals surface area contributed by atoms with Crippen LogP contribution in [0.2, 0.25) is 0 Å². The standard InChI is InChI=1S/C14H24N4O3/c1-11(9-18-8-7-15-10-18)17-12(19)5-6-16-13(20)21-14(2,3)4/h7-8,10-11H,5-6,9H2,1-4H3,(H,16,20)(H,17,19)/t11-/m0/s1. The van der Waals surface area contributed by atoms with E-state index < -0.39 is 11.7 Å². The van der Waals surface area contributed by atoms with E-state index in [1.165, 1.54) is 0 Å². The molecule has 1 aromatic rings. The topological polar surface area (TPSA) is 85.3 Å². The molecule has 1 atom stereocenters. The van der Waals surface area contributed by atoms with Crippen LogP contribution in [0.1, 0.15) is 34.1 Å². The molecule has 1 aromatic heterocycles. The minimum Gasteiger partial charge on any atom is -0.444 e. The summed E-state index contributed by atoms with van der Waals surface area (Å²) in [5.74, 6) is -0.112. The van der Waals surface area contributed by atoms with E-state index in [4.69, 9.17) is 4.74 Å². The third-order valence-electron chi connectivity index (χ3n) is 2.47. The van der Waals surface area contributed by atoms with Gasteiger partial charge < -0.3 is 19.9 Å². The molecule has 0 fully saturated rings. The van der Waals surface area contributed by atoms with Gasteiger partial charge in [0, 0.05) is 37.9 Å². The average molecular weight is 296 g/mol. The number of imidazole rings is 1. The number of nitrogens with one attached hydrogen (secondary N) is 2. The first-order valence-corrected chi connectivity index (χ1v) is 6.98. The van der Waals surface area contributed by atoms with Gasteiger partial charge in [0.05, 0.1) is 6.33 Å². The van der Waals surface area contributed by atoms with Crippen molar-refractivity contribution in [1.29, 1.82) is 0 Å². The van der Waals surface area contributed by atoms with Crippen molar-refractivity contribution < 1.29 is 14.3 Å². The lowest BCUT2D eigenvalue weighted by atomic mass is 10.2. The van der Waals surface area contributed by atoms with Gasteiger partial charge in [-0.1, -0.05) is 0 Å². The molecule has 2 amide bonds. The van der Waals surface area contributed by atoms with Crippen LogP contribution in [0.3, 0.4) is 0 Å². The Bertz CT molecular complexity index is 451. The van der Waals surface area contributed by atoms with Gasteiger partial charge >= 0.3 is 6.09 Å². The first-order chi connectivity index (χ1) is 9.76. The van der Waals surface area contributed by atoms with Gasteiger partial charge in [-0.3, -0.25) is 4.79 Å². The van der Waals surface area contributed by atoms with Gasteiger partial charge in [0.1, 0.15) is 5.60 Å². The Kier molecular flexibility index (Phi) is 6.20. The highest BCUT2D eigenvalue weighted by Crippen LogP contribution is 2.06. The van der Waals surface area contributed by atoms with Crippen LogP contribution >= 0.6 is 0 Å². The summed E-state index contributed by atoms with van der Waals surface area (Å²) in [5.41, 5.74) is -0.536. The van der Waals surface area contributed by atoms with E-state index in [0.29, 0.717) is 6.54 Å². The molecule has 21 heavy (non-hydrogen) atoms. The normalized spacial score (nSPS) is 12.6. The Hall–Kier alpha value is -2.05. The smallest absolute Gasteiger partial charge is 0.407 e. The number of amides is 2. The van der Waals surface area contributed by atoms with Gasteiger partial charge in [-0.2, -0.15) is 0 Å². The Morgan fingerprint density at radius 1 is 1.38 bits per heavy atom. The second kappa shape index (κ2) is 7.66. The van der Waals surface area contributed by atoms with E-state index in [1.54, 1.807) is 33.3 Å². The zero-order valence-corrected chi connectivity index (χ0v) is 13.0. The summed E-state index contributed by atoms with van der Waals surface area (Å²) in [7, 11) is 0. The van der Waals surface area contributed by atoms with Crippen molar-refractivity contribution in [3.63, 3.8) is 0 Å². The van der Waals surface area contributed by atoms with Crippen LogP contribution in [0.15, 0.2) is 18.7 Å². The van der Waals surface area contributed by atoms with Crippen LogP contribution in [0.5, 0.6) is 0 Å². The molecule has 1 heterocycles. The summed E-state index contributed by atoms with van der Waals surface area (Å²) in [6.07, 6.45) is 4.94. The van der Waals surface area contributed by atoms with Crippen molar-refractivity contribution in [3.8, 4) is 0 Å². The Morgan fingerprint density at radius 2 is 2.10 bits per heavy atom. The zero-order chi connectivity index (χ0) is 15.9. The molecule has 1 rings (SSSR count). The molecule has 0 bridgehead atoms. The van der Waals surface area contributed by atoms with Gasteiger partial charge in [-0.05, 0) is 27.7 Å². The van der Waals surface area contributed by atoms with E-state index in [1.807, 2.05) is 17.7 Å². The first-order valence-electron chi connectivity index (χ1n) is 6.98. The van der Waals surface area contributed by atoms with Crippen LogP contribution < -0.4 is 10.6 Å². The number of hydrogen-bond acceptors (Lipinski definition) is 4. The maximum Gasteiger partial charge on any atom is 0.407 e. The minimum atomic E-state index is -0.536. The van der Waals surface area contributed by atoms with Crippen LogP contribution in [-0.2, 0) is 16.1 Å². The highest BCUT2D eigenvalue weighted by atomic mass is 16.6. The lowest BCUT2D eigenvalue weighted by Crippen LogP contribution is -2.38. The maximum atomic E-state index is 11.7. The molecular formula is C14H24N4O3. The summed E-state index contributed by atoms with van der Waals surface area (Å²) < 4.78 is 6.97. The summed E-state index contributed by atoms with van der Waals surface area (Å²) >= 11 is 0. The maximum absolute atomic E-state index is 11.7. The molecule has 0 aliphatic heterocycles. The van der Waals surface area contributed by atoms with Crippen LogP contribution in [-0.4, -0.2) is 39.7 Å². The first kappa shape index (κ1) is 17.0. The van der Waals surface area contributed by atoms with Crippen molar-refractivity contribution in [1.82, 2.24) is 20.2 Å². The molecule has 0 aliphatic rings. The third-order valence-corrected chi connectivity index (χ3v) is 2.47. The van der Waals surface area contributed by atoms with E-state index in [2.05, 4.69) is 15.6 Å². The summed E-state index contributed by atoms with van der Waals surface area (Å²) in [4.78, 5) is 27.1. The molecule has 0 unspecified atom stereocenters. The predicted octanol–water partition coefficient (Wildman–Crippen LogP) is 1.30. The second-order valence-corrected chi connectivity index (χ2v) is 5.91. The quantitative estimate of drug-likeness (QED) is 0.828. The van der Waals surface area contributed by atoms with Gasteiger partial charge in [0.25, 0.3) is 0 Å². The van der Waals surface area contributed by atoms with E-state index in [9.17, 15) is 9.59 Å². The monoisotopic (exact) mass is 296 g/mol. The van der Waals surface area contributed by atoms with E-state index in [0.717, 1.165) is 0 Å². The van der Waals surface area contributed by atoms with Gasteiger partial charge in [0.2, 0.25) is 5.91 Å². The minimum absolute atomic E-state index is 0.00627. The Balaban J connectivity index is 2.17. The Labute approximate surface area is 125 Å². The molecule has 0 saturated carbocycles. The number of carbonyl (C=O) groups excluding carboxylic acids is 2. The lowest BCUT2D eigenvalue weighted by Gasteiger charge is -2.19. The van der Waals surface area contributed by atoms with Crippen molar-refractivity contribution in [2.24, 2.45) is 0 Å². The van der Waals surface area contributed by atoms with Gasteiger partial charge in [-0.15, -0.1) is 0 Å². The predicted molar refractivity (Wildman–Crippen MR) is 78.7 cm³/mol. The van der Waals surface area contributed by atoms with Gasteiger partial charge in [-0.25, -0.2) is 9.78 Å². The van der Waals surface area contributed by atoms with Crippen molar-refractivity contribution in [2.75, 3.05) is 6.54 Å². The molecule has 0 saturated heterocycles. The molecule has 2 N–H and O–H groups in total. The van der Waals surface area contributed by atoms with E-state index in [-0.39, 0.29) is 24.9 Å². The van der Waals surface area contributed by atoms with Crippen LogP contribution in [0, 0.1) is 0 Å². The van der Waals surface area contributed by atoms with Crippen LogP contribution in [0.4, 0.5) is 4.79 Å². The van der Waals surface area contributed by atoms with E-state index >= 15 is 0 Å². The summed E-state index contributed by atoms with van der Waals surface area (Å²) in [6.45, 7) is 8.19. The second-order valence-electron chi connectivity index (χ2n) is 5.91. The van der Waals surface area contributed by atoms with Crippen molar-refractivity contribution >= 4 is 12.0 Å².